The number of carbonyl (C=O) groups excluding carboxylic acids is 1. The summed E-state index contributed by atoms with van der Waals surface area (Å²) in [6.07, 6.45) is 2.89. The number of piperidine rings is 1. The van der Waals surface area contributed by atoms with Crippen LogP contribution in [0.2, 0.25) is 0 Å². The molecule has 8 heteroatoms. The van der Waals surface area contributed by atoms with Gasteiger partial charge in [0.25, 0.3) is 5.56 Å². The van der Waals surface area contributed by atoms with Gasteiger partial charge in [0.1, 0.15) is 4.70 Å². The normalized spacial score (nSPS) is 15.4. The van der Waals surface area contributed by atoms with Crippen molar-refractivity contribution in [2.24, 2.45) is 5.92 Å². The molecule has 1 aliphatic rings. The molecule has 3 heterocycles. The highest BCUT2D eigenvalue weighted by molar-refractivity contribution is 7.22. The van der Waals surface area contributed by atoms with Crippen LogP contribution in [0, 0.1) is 5.92 Å². The van der Waals surface area contributed by atoms with Crippen molar-refractivity contribution in [3.05, 3.63) is 47.0 Å². The van der Waals surface area contributed by atoms with Gasteiger partial charge in [-0.25, -0.2) is 4.98 Å². The molecule has 0 spiro atoms. The fourth-order valence-corrected chi connectivity index (χ4v) is 3.96. The zero-order valence-corrected chi connectivity index (χ0v) is 14.3. The summed E-state index contributed by atoms with van der Waals surface area (Å²) >= 11 is 1.35. The van der Waals surface area contributed by atoms with Gasteiger partial charge in [-0.1, -0.05) is 29.5 Å². The Bertz CT molecular complexity index is 944. The Morgan fingerprint density at radius 2 is 2.00 bits per heavy atom. The lowest BCUT2D eigenvalue weighted by molar-refractivity contribution is -0.120. The third kappa shape index (κ3) is 3.25. The highest BCUT2D eigenvalue weighted by Crippen LogP contribution is 2.29. The average Bonchev–Trinajstić information content (AvgIpc) is 3.08. The fraction of sp³-hybridized carbons (Fsp3) is 0.294. The zero-order valence-electron chi connectivity index (χ0n) is 13.4. The number of aromatic nitrogens is 3. The quantitative estimate of drug-likeness (QED) is 0.752. The van der Waals surface area contributed by atoms with Crippen LogP contribution in [0.1, 0.15) is 12.8 Å². The summed E-state index contributed by atoms with van der Waals surface area (Å²) in [4.78, 5) is 37.4. The molecule has 1 aromatic carbocycles. The number of benzene rings is 1. The molecule has 0 saturated carbocycles. The Kier molecular flexibility index (Phi) is 4.19. The van der Waals surface area contributed by atoms with E-state index in [1.54, 1.807) is 0 Å². The number of nitrogens with zero attached hydrogens (tertiary/aromatic N) is 3. The summed E-state index contributed by atoms with van der Waals surface area (Å²) in [5.41, 5.74) is 1.14. The number of carbonyl (C=O) groups is 1. The smallest absolute Gasteiger partial charge is 0.270 e. The molecule has 0 atom stereocenters. The van der Waals surface area contributed by atoms with Crippen molar-refractivity contribution in [3.8, 4) is 0 Å². The SMILES string of the molecule is O=C(Nc1ccccc1)C1CCN(c2nc3nc[nH]c(=O)c3s2)CC1. The van der Waals surface area contributed by atoms with E-state index in [1.165, 1.54) is 17.7 Å². The van der Waals surface area contributed by atoms with Crippen LogP contribution in [-0.4, -0.2) is 33.9 Å². The van der Waals surface area contributed by atoms with Gasteiger partial charge in [-0.05, 0) is 25.0 Å². The van der Waals surface area contributed by atoms with Gasteiger partial charge in [0.2, 0.25) is 5.91 Å². The molecule has 2 aromatic heterocycles. The predicted octanol–water partition coefficient (Wildman–Crippen LogP) is 2.23. The number of nitrogens with one attached hydrogen (secondary N) is 2. The number of amides is 1. The van der Waals surface area contributed by atoms with Gasteiger partial charge in [0.05, 0.1) is 6.33 Å². The number of H-pyrrole nitrogens is 1. The van der Waals surface area contributed by atoms with Crippen LogP contribution >= 0.6 is 11.3 Å². The molecule has 0 aliphatic carbocycles. The number of anilines is 2. The second kappa shape index (κ2) is 6.64. The predicted molar refractivity (Wildman–Crippen MR) is 98.0 cm³/mol. The minimum atomic E-state index is -0.161. The number of thiazole rings is 1. The van der Waals surface area contributed by atoms with Gasteiger partial charge in [-0.15, -0.1) is 0 Å². The minimum absolute atomic E-state index is 0.00707. The molecule has 2 N–H and O–H groups in total. The zero-order chi connectivity index (χ0) is 17.2. The molecule has 0 radical (unpaired) electrons. The van der Waals surface area contributed by atoms with Crippen molar-refractivity contribution in [2.75, 3.05) is 23.3 Å². The molecular formula is C17H17N5O2S. The number of hydrogen-bond acceptors (Lipinski definition) is 6. The summed E-state index contributed by atoms with van der Waals surface area (Å²) in [7, 11) is 0. The Morgan fingerprint density at radius 3 is 2.72 bits per heavy atom. The highest BCUT2D eigenvalue weighted by Gasteiger charge is 2.26. The first-order chi connectivity index (χ1) is 12.2. The molecular weight excluding hydrogens is 338 g/mol. The second-order valence-electron chi connectivity index (χ2n) is 6.00. The highest BCUT2D eigenvalue weighted by atomic mass is 32.1. The summed E-state index contributed by atoms with van der Waals surface area (Å²) in [6, 6.07) is 9.51. The second-order valence-corrected chi connectivity index (χ2v) is 6.97. The third-order valence-corrected chi connectivity index (χ3v) is 5.47. The van der Waals surface area contributed by atoms with Crippen molar-refractivity contribution in [3.63, 3.8) is 0 Å². The maximum Gasteiger partial charge on any atom is 0.270 e. The van der Waals surface area contributed by atoms with Crippen molar-refractivity contribution in [2.45, 2.75) is 12.8 Å². The van der Waals surface area contributed by atoms with Crippen molar-refractivity contribution in [1.29, 1.82) is 0 Å². The minimum Gasteiger partial charge on any atom is -0.348 e. The van der Waals surface area contributed by atoms with Crippen LogP contribution in [0.4, 0.5) is 10.8 Å². The summed E-state index contributed by atoms with van der Waals surface area (Å²) in [5, 5.41) is 3.76. The van der Waals surface area contributed by atoms with Gasteiger partial charge in [0, 0.05) is 24.7 Å². The fourth-order valence-electron chi connectivity index (χ4n) is 2.99. The molecule has 1 aliphatic heterocycles. The lowest BCUT2D eigenvalue weighted by atomic mass is 9.96. The maximum atomic E-state index is 12.4. The van der Waals surface area contributed by atoms with Crippen molar-refractivity contribution in [1.82, 2.24) is 15.0 Å². The van der Waals surface area contributed by atoms with Crippen LogP contribution in [-0.2, 0) is 4.79 Å². The number of fused-ring (bicyclic) bond motifs is 1. The third-order valence-electron chi connectivity index (χ3n) is 4.36. The van der Waals surface area contributed by atoms with Crippen LogP contribution in [0.5, 0.6) is 0 Å². The lowest BCUT2D eigenvalue weighted by Crippen LogP contribution is -2.38. The summed E-state index contributed by atoms with van der Waals surface area (Å²) in [6.45, 7) is 1.48. The van der Waals surface area contributed by atoms with Crippen molar-refractivity contribution < 1.29 is 4.79 Å². The van der Waals surface area contributed by atoms with E-state index < -0.39 is 0 Å². The Balaban J connectivity index is 1.41. The lowest BCUT2D eigenvalue weighted by Gasteiger charge is -2.30. The van der Waals surface area contributed by atoms with E-state index in [1.807, 2.05) is 30.3 Å². The van der Waals surface area contributed by atoms with Crippen LogP contribution in [0.3, 0.4) is 0 Å². The molecule has 4 rings (SSSR count). The van der Waals surface area contributed by atoms with E-state index in [4.69, 9.17) is 0 Å². The Hall–Kier alpha value is -2.74. The van der Waals surface area contributed by atoms with E-state index in [0.717, 1.165) is 36.8 Å². The standard InChI is InChI=1S/C17H17N5O2S/c23-15(20-12-4-2-1-3-5-12)11-6-8-22(9-7-11)17-21-14-13(25-17)16(24)19-10-18-14/h1-5,10-11H,6-9H2,(H,20,23)(H,18,19,24). The molecule has 1 fully saturated rings. The number of aromatic amines is 1. The molecule has 25 heavy (non-hydrogen) atoms. The van der Waals surface area contributed by atoms with Gasteiger partial charge in [0.15, 0.2) is 10.8 Å². The van der Waals surface area contributed by atoms with Crippen LogP contribution in [0.15, 0.2) is 41.5 Å². The first kappa shape index (κ1) is 15.8. The number of hydrogen-bond donors (Lipinski definition) is 2. The topological polar surface area (TPSA) is 91.0 Å². The van der Waals surface area contributed by atoms with E-state index in [-0.39, 0.29) is 17.4 Å². The molecule has 7 nitrogen and oxygen atoms in total. The van der Waals surface area contributed by atoms with Gasteiger partial charge < -0.3 is 15.2 Å². The van der Waals surface area contributed by atoms with Crippen molar-refractivity contribution >= 4 is 38.4 Å². The largest absolute Gasteiger partial charge is 0.348 e. The number of rotatable bonds is 3. The number of para-hydroxylation sites is 1. The van der Waals surface area contributed by atoms with Gasteiger partial charge in [-0.3, -0.25) is 9.59 Å². The van der Waals surface area contributed by atoms with Crippen LogP contribution in [0.25, 0.3) is 10.3 Å². The molecule has 3 aromatic rings. The summed E-state index contributed by atoms with van der Waals surface area (Å²) < 4.78 is 0.543. The van der Waals surface area contributed by atoms with E-state index >= 15 is 0 Å². The Labute approximate surface area is 147 Å². The molecule has 1 amide bonds. The molecule has 1 saturated heterocycles. The summed E-state index contributed by atoms with van der Waals surface area (Å²) in [5.74, 6) is 0.0561. The maximum absolute atomic E-state index is 12.4. The monoisotopic (exact) mass is 355 g/mol. The Morgan fingerprint density at radius 1 is 1.24 bits per heavy atom. The molecule has 0 unspecified atom stereocenters. The molecule has 0 bridgehead atoms. The van der Waals surface area contributed by atoms with Gasteiger partial charge >= 0.3 is 0 Å². The van der Waals surface area contributed by atoms with Gasteiger partial charge in [-0.2, -0.15) is 4.98 Å². The van der Waals surface area contributed by atoms with E-state index in [0.29, 0.717) is 10.3 Å². The first-order valence-electron chi connectivity index (χ1n) is 8.16. The first-order valence-corrected chi connectivity index (χ1v) is 8.97. The average molecular weight is 355 g/mol. The van der Waals surface area contributed by atoms with Crippen LogP contribution < -0.4 is 15.8 Å². The molecule has 128 valence electrons. The van der Waals surface area contributed by atoms with E-state index in [9.17, 15) is 9.59 Å². The van der Waals surface area contributed by atoms with E-state index in [2.05, 4.69) is 25.2 Å².